The van der Waals surface area contributed by atoms with Crippen LogP contribution in [0.4, 0.5) is 9.59 Å². The van der Waals surface area contributed by atoms with Crippen LogP contribution >= 0.6 is 0 Å². The highest BCUT2D eigenvalue weighted by molar-refractivity contribution is 5.88. The van der Waals surface area contributed by atoms with Crippen molar-refractivity contribution >= 4 is 23.9 Å². The third kappa shape index (κ3) is 9.92. The van der Waals surface area contributed by atoms with Gasteiger partial charge in [-0.2, -0.15) is 0 Å². The van der Waals surface area contributed by atoms with Gasteiger partial charge < -0.3 is 35.0 Å². The van der Waals surface area contributed by atoms with Gasteiger partial charge in [-0.05, 0) is 78.5 Å². The molecule has 3 amide bonds. The van der Waals surface area contributed by atoms with Crippen LogP contribution in [0.2, 0.25) is 0 Å². The molecule has 4 N–H and O–H groups in total. The van der Waals surface area contributed by atoms with Gasteiger partial charge in [-0.1, -0.05) is 82.6 Å². The van der Waals surface area contributed by atoms with E-state index in [1.54, 1.807) is 0 Å². The molecule has 13 nitrogen and oxygen atoms in total. The molecule has 2 aliphatic rings. The van der Waals surface area contributed by atoms with Crippen LogP contribution in [0.25, 0.3) is 33.6 Å². The average molecular weight is 780 g/mol. The number of ketones is 1. The largest absolute Gasteiger partial charge is 0.453 e. The first-order chi connectivity index (χ1) is 27.4. The van der Waals surface area contributed by atoms with Crippen LogP contribution < -0.4 is 10.6 Å². The Hall–Kier alpha value is -5.46. The number of benzene rings is 2. The van der Waals surface area contributed by atoms with E-state index in [-0.39, 0.29) is 29.6 Å². The summed E-state index contributed by atoms with van der Waals surface area (Å²) in [5.41, 5.74) is 6.10. The third-order valence-electron chi connectivity index (χ3n) is 11.6. The lowest BCUT2D eigenvalue weighted by Gasteiger charge is -2.30. The lowest BCUT2D eigenvalue weighted by atomic mass is 9.88. The number of carbonyl (C=O) groups is 4. The Labute approximate surface area is 335 Å². The number of imidazole rings is 2. The number of carbonyl (C=O) groups excluding carboxylic acids is 4. The summed E-state index contributed by atoms with van der Waals surface area (Å²) in [5.74, 6) is 2.16. The van der Waals surface area contributed by atoms with E-state index in [4.69, 9.17) is 14.5 Å². The molecule has 13 heteroatoms. The van der Waals surface area contributed by atoms with Crippen molar-refractivity contribution in [3.05, 3.63) is 72.6 Å². The van der Waals surface area contributed by atoms with Gasteiger partial charge in [0.25, 0.3) is 0 Å². The van der Waals surface area contributed by atoms with Crippen LogP contribution in [0.15, 0.2) is 60.9 Å². The van der Waals surface area contributed by atoms with E-state index in [2.05, 4.69) is 74.1 Å². The molecule has 2 aromatic heterocycles. The van der Waals surface area contributed by atoms with E-state index in [0.717, 1.165) is 90.2 Å². The van der Waals surface area contributed by atoms with Crippen molar-refractivity contribution in [3.63, 3.8) is 0 Å². The molecular formula is C44H57N7O6. The van der Waals surface area contributed by atoms with Gasteiger partial charge in [0.2, 0.25) is 5.91 Å². The lowest BCUT2D eigenvalue weighted by molar-refractivity contribution is -0.135. The van der Waals surface area contributed by atoms with Crippen LogP contribution in [0.1, 0.15) is 103 Å². The molecule has 3 heterocycles. The summed E-state index contributed by atoms with van der Waals surface area (Å²) >= 11 is 0. The Bertz CT molecular complexity index is 1990. The van der Waals surface area contributed by atoms with E-state index in [1.807, 2.05) is 45.0 Å². The monoisotopic (exact) mass is 779 g/mol. The fourth-order valence-electron chi connectivity index (χ4n) is 8.29. The van der Waals surface area contributed by atoms with E-state index in [0.29, 0.717) is 24.8 Å². The molecule has 0 radical (unpaired) electrons. The van der Waals surface area contributed by atoms with Crippen LogP contribution in [-0.4, -0.2) is 81.6 Å². The standard InChI is InChI=1S/C44H57N7O6/c1-26(2)38(49-43(54)56-5)37(52)23-28-9-7-10-33(13-12-28)40-45-24-34(47-40)31-18-14-29(15-19-31)30-16-20-32(21-17-30)35-25-46-41(48-35)36-11-8-22-51(36)42(53)39(27(3)4)50-44(55)57-6/h14-21,24-28,33,36,38-39H,7-13,22-23H2,1-6H3,(H,45,47)(H,46,48)(H,49,54)(H,50,55). The molecule has 1 aliphatic heterocycles. The Kier molecular flexibility index (Phi) is 13.5. The van der Waals surface area contributed by atoms with E-state index in [9.17, 15) is 19.2 Å². The molecule has 6 rings (SSSR count). The highest BCUT2D eigenvalue weighted by Gasteiger charge is 2.37. The number of rotatable bonds is 13. The molecule has 304 valence electrons. The topological polar surface area (TPSA) is 171 Å². The van der Waals surface area contributed by atoms with Crippen LogP contribution in [0, 0.1) is 17.8 Å². The fourth-order valence-corrected chi connectivity index (χ4v) is 8.29. The second kappa shape index (κ2) is 18.7. The Morgan fingerprint density at radius 1 is 0.684 bits per heavy atom. The van der Waals surface area contributed by atoms with Crippen molar-refractivity contribution in [1.29, 1.82) is 0 Å². The Morgan fingerprint density at radius 2 is 1.21 bits per heavy atom. The Morgan fingerprint density at radius 3 is 1.77 bits per heavy atom. The number of ether oxygens (including phenoxy) is 2. The first-order valence-corrected chi connectivity index (χ1v) is 20.3. The minimum Gasteiger partial charge on any atom is -0.453 e. The normalized spacial score (nSPS) is 19.5. The summed E-state index contributed by atoms with van der Waals surface area (Å²) in [6.45, 7) is 8.30. The summed E-state index contributed by atoms with van der Waals surface area (Å²) < 4.78 is 9.50. The van der Waals surface area contributed by atoms with Crippen molar-refractivity contribution in [2.45, 2.75) is 103 Å². The molecule has 1 aliphatic carbocycles. The number of nitrogens with one attached hydrogen (secondary N) is 4. The quantitative estimate of drug-likeness (QED) is 0.0985. The second-order valence-electron chi connectivity index (χ2n) is 16.2. The zero-order valence-corrected chi connectivity index (χ0v) is 34.0. The summed E-state index contributed by atoms with van der Waals surface area (Å²) in [6, 6.07) is 15.4. The minimum absolute atomic E-state index is 0.00656. The fraction of sp³-hybridized carbons (Fsp3) is 0.500. The zero-order valence-electron chi connectivity index (χ0n) is 34.0. The minimum atomic E-state index is -0.680. The third-order valence-corrected chi connectivity index (χ3v) is 11.6. The predicted octanol–water partition coefficient (Wildman–Crippen LogP) is 8.18. The van der Waals surface area contributed by atoms with E-state index >= 15 is 0 Å². The smallest absolute Gasteiger partial charge is 0.407 e. The maximum atomic E-state index is 13.5. The van der Waals surface area contributed by atoms with Gasteiger partial charge in [-0.15, -0.1) is 0 Å². The number of aromatic nitrogens is 4. The number of Topliss-reactive ketones (excluding diaryl/α,β-unsaturated/α-hetero) is 1. The zero-order chi connectivity index (χ0) is 40.6. The molecule has 5 atom stereocenters. The van der Waals surface area contributed by atoms with Crippen molar-refractivity contribution in [2.75, 3.05) is 20.8 Å². The van der Waals surface area contributed by atoms with Gasteiger partial charge in [0.1, 0.15) is 17.7 Å². The maximum Gasteiger partial charge on any atom is 0.407 e. The number of hydrogen-bond acceptors (Lipinski definition) is 8. The van der Waals surface area contributed by atoms with E-state index in [1.165, 1.54) is 14.2 Å². The van der Waals surface area contributed by atoms with Crippen molar-refractivity contribution < 1.29 is 28.7 Å². The molecular weight excluding hydrogens is 723 g/mol. The first kappa shape index (κ1) is 41.2. The number of likely N-dealkylation sites (tertiary alicyclic amines) is 1. The van der Waals surface area contributed by atoms with Gasteiger partial charge in [0, 0.05) is 18.9 Å². The van der Waals surface area contributed by atoms with Gasteiger partial charge in [-0.25, -0.2) is 19.6 Å². The molecule has 1 saturated carbocycles. The summed E-state index contributed by atoms with van der Waals surface area (Å²) in [6.07, 6.45) is 9.60. The molecule has 0 bridgehead atoms. The maximum absolute atomic E-state index is 13.5. The van der Waals surface area contributed by atoms with Crippen LogP contribution in [0.5, 0.6) is 0 Å². The molecule has 2 fully saturated rings. The van der Waals surface area contributed by atoms with Gasteiger partial charge in [-0.3, -0.25) is 9.59 Å². The van der Waals surface area contributed by atoms with Gasteiger partial charge >= 0.3 is 12.2 Å². The van der Waals surface area contributed by atoms with E-state index < -0.39 is 24.3 Å². The van der Waals surface area contributed by atoms with Crippen LogP contribution in [-0.2, 0) is 19.1 Å². The second-order valence-corrected chi connectivity index (χ2v) is 16.2. The Balaban J connectivity index is 1.05. The average Bonchev–Trinajstić information content (AvgIpc) is 3.99. The molecule has 4 aromatic rings. The number of H-pyrrole nitrogens is 2. The molecule has 0 spiro atoms. The van der Waals surface area contributed by atoms with Crippen molar-refractivity contribution in [3.8, 4) is 33.6 Å². The highest BCUT2D eigenvalue weighted by Crippen LogP contribution is 2.36. The molecule has 57 heavy (non-hydrogen) atoms. The SMILES string of the molecule is COC(=O)NC(C(=O)CC1CCCC(c2ncc(-c3ccc(-c4ccc(-c5cnc(C6CCCN6C(=O)C(NC(=O)OC)C(C)C)[nH]5)cc4)cc3)[nH]2)CC1)C(C)C. The molecule has 2 aromatic carbocycles. The summed E-state index contributed by atoms with van der Waals surface area (Å²) in [5, 5.41) is 5.42. The number of alkyl carbamates (subject to hydrolysis) is 2. The highest BCUT2D eigenvalue weighted by atomic mass is 16.5. The van der Waals surface area contributed by atoms with Crippen LogP contribution in [0.3, 0.4) is 0 Å². The molecule has 5 unspecified atom stereocenters. The number of methoxy groups -OCH3 is 2. The lowest BCUT2D eigenvalue weighted by Crippen LogP contribution is -2.51. The number of hydrogen-bond donors (Lipinski definition) is 4. The number of amides is 3. The summed E-state index contributed by atoms with van der Waals surface area (Å²) in [7, 11) is 2.61. The summed E-state index contributed by atoms with van der Waals surface area (Å²) in [4.78, 5) is 68.7. The first-order valence-electron chi connectivity index (χ1n) is 20.3. The van der Waals surface area contributed by atoms with Crippen molar-refractivity contribution in [2.24, 2.45) is 17.8 Å². The van der Waals surface area contributed by atoms with Crippen molar-refractivity contribution in [1.82, 2.24) is 35.5 Å². The van der Waals surface area contributed by atoms with Gasteiger partial charge in [0.05, 0.1) is 50.1 Å². The molecule has 1 saturated heterocycles. The number of aromatic amines is 2. The number of nitrogens with zero attached hydrogens (tertiary/aromatic N) is 3. The van der Waals surface area contributed by atoms with Gasteiger partial charge in [0.15, 0.2) is 5.78 Å². The predicted molar refractivity (Wildman–Crippen MR) is 218 cm³/mol.